The van der Waals surface area contributed by atoms with E-state index in [1.165, 1.54) is 0 Å². The van der Waals surface area contributed by atoms with E-state index in [1.54, 1.807) is 0 Å². The van der Waals surface area contributed by atoms with Gasteiger partial charge in [0.05, 0.1) is 5.60 Å². The third kappa shape index (κ3) is 2.20. The summed E-state index contributed by atoms with van der Waals surface area (Å²) < 4.78 is 0. The minimum atomic E-state index is -0.664. The molecule has 17 heavy (non-hydrogen) atoms. The van der Waals surface area contributed by atoms with Crippen LogP contribution in [-0.4, -0.2) is 16.5 Å². The molecule has 2 rings (SSSR count). The highest BCUT2D eigenvalue weighted by Crippen LogP contribution is 2.48. The van der Waals surface area contributed by atoms with Gasteiger partial charge in [-0.15, -0.1) is 0 Å². The Kier molecular flexibility index (Phi) is 3.19. The van der Waals surface area contributed by atoms with Crippen molar-refractivity contribution in [2.75, 3.05) is 0 Å². The predicted octanol–water partition coefficient (Wildman–Crippen LogP) is 2.95. The van der Waals surface area contributed by atoms with Gasteiger partial charge in [-0.25, -0.2) is 0 Å². The van der Waals surface area contributed by atoms with Crippen molar-refractivity contribution in [2.45, 2.75) is 52.6 Å². The average molecular weight is 236 g/mol. The Bertz CT molecular complexity index is 352. The lowest BCUT2D eigenvalue weighted by atomic mass is 9.58. The lowest BCUT2D eigenvalue weighted by Gasteiger charge is -2.49. The SMILES string of the molecule is CC1=C[C@H]2[C@@H](C(C)C)CC[C@](C)(O)[C@@H]2CC1=O. The van der Waals surface area contributed by atoms with Crippen LogP contribution in [0, 0.1) is 23.7 Å². The molecule has 4 atom stereocenters. The van der Waals surface area contributed by atoms with Gasteiger partial charge >= 0.3 is 0 Å². The maximum atomic E-state index is 11.8. The zero-order chi connectivity index (χ0) is 12.8. The Morgan fingerprint density at radius 2 is 2.12 bits per heavy atom. The third-order valence-corrected chi connectivity index (χ3v) is 4.89. The van der Waals surface area contributed by atoms with E-state index in [-0.39, 0.29) is 11.7 Å². The van der Waals surface area contributed by atoms with Crippen molar-refractivity contribution in [3.8, 4) is 0 Å². The number of rotatable bonds is 1. The van der Waals surface area contributed by atoms with Crippen molar-refractivity contribution in [3.63, 3.8) is 0 Å². The van der Waals surface area contributed by atoms with Crippen LogP contribution in [0.15, 0.2) is 11.6 Å². The lowest BCUT2D eigenvalue weighted by Crippen LogP contribution is -2.49. The summed E-state index contributed by atoms with van der Waals surface area (Å²) in [4.78, 5) is 11.8. The maximum Gasteiger partial charge on any atom is 0.158 e. The van der Waals surface area contributed by atoms with Crippen molar-refractivity contribution in [3.05, 3.63) is 11.6 Å². The molecule has 1 saturated carbocycles. The number of allylic oxidation sites excluding steroid dienone is 2. The van der Waals surface area contributed by atoms with Gasteiger partial charge in [0.2, 0.25) is 0 Å². The molecule has 96 valence electrons. The summed E-state index contributed by atoms with van der Waals surface area (Å²) in [6, 6.07) is 0. The fourth-order valence-corrected chi connectivity index (χ4v) is 3.67. The van der Waals surface area contributed by atoms with Gasteiger partial charge in [0.1, 0.15) is 0 Å². The molecule has 1 N–H and O–H groups in total. The summed E-state index contributed by atoms with van der Waals surface area (Å²) in [5.74, 6) is 1.96. The predicted molar refractivity (Wildman–Crippen MR) is 68.5 cm³/mol. The number of carbonyl (C=O) groups excluding carboxylic acids is 1. The minimum Gasteiger partial charge on any atom is -0.390 e. The molecule has 2 nitrogen and oxygen atoms in total. The first-order chi connectivity index (χ1) is 7.83. The molecule has 0 radical (unpaired) electrons. The summed E-state index contributed by atoms with van der Waals surface area (Å²) in [5.41, 5.74) is 0.234. The van der Waals surface area contributed by atoms with Gasteiger partial charge in [-0.2, -0.15) is 0 Å². The number of aliphatic hydroxyl groups is 1. The van der Waals surface area contributed by atoms with E-state index >= 15 is 0 Å². The molecular weight excluding hydrogens is 212 g/mol. The van der Waals surface area contributed by atoms with Gasteiger partial charge in [0.15, 0.2) is 5.78 Å². The summed E-state index contributed by atoms with van der Waals surface area (Å²) in [7, 11) is 0. The molecule has 0 aromatic carbocycles. The second kappa shape index (κ2) is 4.24. The fourth-order valence-electron chi connectivity index (χ4n) is 3.67. The van der Waals surface area contributed by atoms with E-state index in [4.69, 9.17) is 0 Å². The molecule has 0 bridgehead atoms. The first-order valence-corrected chi connectivity index (χ1v) is 6.77. The molecule has 0 aromatic heterocycles. The van der Waals surface area contributed by atoms with E-state index in [1.807, 2.05) is 13.8 Å². The van der Waals surface area contributed by atoms with Crippen LogP contribution < -0.4 is 0 Å². The number of ketones is 1. The van der Waals surface area contributed by atoms with Gasteiger partial charge in [0, 0.05) is 12.3 Å². The zero-order valence-corrected chi connectivity index (χ0v) is 11.4. The number of Topliss-reactive ketones (excluding diaryl/α,β-unsaturated/α-hetero) is 1. The van der Waals surface area contributed by atoms with Crippen molar-refractivity contribution in [1.29, 1.82) is 0 Å². The second-order valence-electron chi connectivity index (χ2n) is 6.46. The van der Waals surface area contributed by atoms with Crippen molar-refractivity contribution in [1.82, 2.24) is 0 Å². The van der Waals surface area contributed by atoms with Crippen molar-refractivity contribution in [2.24, 2.45) is 23.7 Å². The highest BCUT2D eigenvalue weighted by atomic mass is 16.3. The molecule has 0 spiro atoms. The van der Waals surface area contributed by atoms with Gasteiger partial charge in [-0.1, -0.05) is 19.9 Å². The van der Waals surface area contributed by atoms with Crippen LogP contribution in [0.4, 0.5) is 0 Å². The fraction of sp³-hybridized carbons (Fsp3) is 0.800. The quantitative estimate of drug-likeness (QED) is 0.760. The average Bonchev–Trinajstić information content (AvgIpc) is 2.20. The number of fused-ring (bicyclic) bond motifs is 1. The largest absolute Gasteiger partial charge is 0.390 e. The summed E-state index contributed by atoms with van der Waals surface area (Å²) >= 11 is 0. The van der Waals surface area contributed by atoms with Crippen LogP contribution >= 0.6 is 0 Å². The molecule has 0 unspecified atom stereocenters. The Labute approximate surface area is 104 Å². The van der Waals surface area contributed by atoms with Gasteiger partial charge in [-0.05, 0) is 50.0 Å². The van der Waals surface area contributed by atoms with Crippen LogP contribution in [0.2, 0.25) is 0 Å². The topological polar surface area (TPSA) is 37.3 Å². The molecular formula is C15H24O2. The highest BCUT2D eigenvalue weighted by Gasteiger charge is 2.47. The molecule has 0 aliphatic heterocycles. The summed E-state index contributed by atoms with van der Waals surface area (Å²) in [5, 5.41) is 10.5. The van der Waals surface area contributed by atoms with E-state index < -0.39 is 5.60 Å². The Balaban J connectivity index is 2.35. The van der Waals surface area contributed by atoms with E-state index in [0.717, 1.165) is 18.4 Å². The van der Waals surface area contributed by atoms with E-state index in [2.05, 4.69) is 19.9 Å². The van der Waals surface area contributed by atoms with Crippen molar-refractivity contribution >= 4 is 5.78 Å². The smallest absolute Gasteiger partial charge is 0.158 e. The highest BCUT2D eigenvalue weighted by molar-refractivity contribution is 5.95. The first kappa shape index (κ1) is 12.8. The van der Waals surface area contributed by atoms with E-state index in [0.29, 0.717) is 24.2 Å². The van der Waals surface area contributed by atoms with Crippen LogP contribution in [0.5, 0.6) is 0 Å². The zero-order valence-electron chi connectivity index (χ0n) is 11.4. The van der Waals surface area contributed by atoms with Crippen LogP contribution in [0.3, 0.4) is 0 Å². The molecule has 2 heteroatoms. The monoisotopic (exact) mass is 236 g/mol. The maximum absolute atomic E-state index is 11.8. The van der Waals surface area contributed by atoms with E-state index in [9.17, 15) is 9.90 Å². The van der Waals surface area contributed by atoms with Gasteiger partial charge in [-0.3, -0.25) is 4.79 Å². The Morgan fingerprint density at radius 1 is 1.47 bits per heavy atom. The normalized spacial score (nSPS) is 42.4. The molecule has 0 aromatic rings. The molecule has 2 aliphatic rings. The molecule has 2 aliphatic carbocycles. The van der Waals surface area contributed by atoms with Crippen LogP contribution in [0.25, 0.3) is 0 Å². The lowest BCUT2D eigenvalue weighted by molar-refractivity contribution is -0.126. The summed E-state index contributed by atoms with van der Waals surface area (Å²) in [6.45, 7) is 8.32. The molecule has 0 amide bonds. The second-order valence-corrected chi connectivity index (χ2v) is 6.46. The van der Waals surface area contributed by atoms with Gasteiger partial charge in [0.25, 0.3) is 0 Å². The van der Waals surface area contributed by atoms with Gasteiger partial charge < -0.3 is 5.11 Å². The standard InChI is InChI=1S/C15H24O2/c1-9(2)11-5-6-15(4,17)13-8-14(16)10(3)7-12(11)13/h7,9,11-13,17H,5-6,8H2,1-4H3/t11-,12+,13-,15+/m1/s1. The summed E-state index contributed by atoms with van der Waals surface area (Å²) in [6.07, 6.45) is 4.57. The first-order valence-electron chi connectivity index (χ1n) is 6.77. The molecule has 0 saturated heterocycles. The Morgan fingerprint density at radius 3 is 2.71 bits per heavy atom. The van der Waals surface area contributed by atoms with Crippen molar-refractivity contribution < 1.29 is 9.90 Å². The third-order valence-electron chi connectivity index (χ3n) is 4.89. The minimum absolute atomic E-state index is 0.125. The Hall–Kier alpha value is -0.630. The number of carbonyl (C=O) groups is 1. The number of hydrogen-bond acceptors (Lipinski definition) is 2. The number of hydrogen-bond donors (Lipinski definition) is 1. The molecule has 1 fully saturated rings. The van der Waals surface area contributed by atoms with Crippen LogP contribution in [-0.2, 0) is 4.79 Å². The van der Waals surface area contributed by atoms with Crippen LogP contribution in [0.1, 0.15) is 47.0 Å². The molecule has 0 heterocycles.